The number of aromatic nitrogens is 1. The Hall–Kier alpha value is -2.52. The maximum atomic E-state index is 12.0. The third kappa shape index (κ3) is 3.15. The molecule has 0 aliphatic heterocycles. The van der Waals surface area contributed by atoms with Crippen molar-refractivity contribution >= 4 is 23.0 Å². The molecule has 0 spiro atoms. The summed E-state index contributed by atoms with van der Waals surface area (Å²) >= 11 is 5.99. The Morgan fingerprint density at radius 2 is 1.71 bits per heavy atom. The molecule has 3 rings (SSSR count). The van der Waals surface area contributed by atoms with E-state index in [2.05, 4.69) is 10.3 Å². The third-order valence-corrected chi connectivity index (χ3v) is 3.34. The van der Waals surface area contributed by atoms with Gasteiger partial charge in [0.2, 0.25) is 0 Å². The fourth-order valence-corrected chi connectivity index (χ4v) is 2.30. The van der Waals surface area contributed by atoms with Crippen molar-refractivity contribution in [3.63, 3.8) is 0 Å². The molecule has 2 N–H and O–H groups in total. The van der Waals surface area contributed by atoms with Crippen LogP contribution in [0.3, 0.4) is 0 Å². The first kappa shape index (κ1) is 13.5. The summed E-state index contributed by atoms with van der Waals surface area (Å²) < 4.78 is 0. The van der Waals surface area contributed by atoms with E-state index in [4.69, 9.17) is 11.6 Å². The smallest absolute Gasteiger partial charge is 0.255 e. The van der Waals surface area contributed by atoms with E-state index in [1.54, 1.807) is 18.3 Å². The first-order chi connectivity index (χ1) is 10.2. The van der Waals surface area contributed by atoms with E-state index in [9.17, 15) is 4.79 Å². The summed E-state index contributed by atoms with van der Waals surface area (Å²) in [5.74, 6) is 0. The molecule has 0 atom stereocenters. The Morgan fingerprint density at radius 3 is 2.48 bits per heavy atom. The number of pyridine rings is 1. The van der Waals surface area contributed by atoms with Crippen molar-refractivity contribution in [3.05, 3.63) is 82.2 Å². The van der Waals surface area contributed by atoms with Crippen LogP contribution in [0.1, 0.15) is 0 Å². The lowest BCUT2D eigenvalue weighted by atomic mass is 10.1. The average molecular weight is 297 g/mol. The van der Waals surface area contributed by atoms with Crippen LogP contribution >= 0.6 is 11.6 Å². The number of anilines is 2. The van der Waals surface area contributed by atoms with E-state index in [0.717, 1.165) is 16.9 Å². The molecule has 104 valence electrons. The van der Waals surface area contributed by atoms with Crippen molar-refractivity contribution < 1.29 is 0 Å². The van der Waals surface area contributed by atoms with E-state index in [0.29, 0.717) is 10.6 Å². The summed E-state index contributed by atoms with van der Waals surface area (Å²) in [5, 5.41) is 3.86. The van der Waals surface area contributed by atoms with Gasteiger partial charge in [-0.25, -0.2) is 0 Å². The SMILES string of the molecule is O=c1[nH]cc(Nc2ccccc2)cc1-c1cccc(Cl)c1. The van der Waals surface area contributed by atoms with Gasteiger partial charge in [0.05, 0.1) is 5.69 Å². The fourth-order valence-electron chi connectivity index (χ4n) is 2.11. The van der Waals surface area contributed by atoms with Crippen LogP contribution in [0.5, 0.6) is 0 Å². The highest BCUT2D eigenvalue weighted by Gasteiger charge is 2.05. The lowest BCUT2D eigenvalue weighted by molar-refractivity contribution is 1.24. The zero-order chi connectivity index (χ0) is 14.7. The van der Waals surface area contributed by atoms with Gasteiger partial charge in [0.15, 0.2) is 0 Å². The van der Waals surface area contributed by atoms with Gasteiger partial charge in [0.1, 0.15) is 0 Å². The van der Waals surface area contributed by atoms with Gasteiger partial charge in [-0.1, -0.05) is 41.9 Å². The summed E-state index contributed by atoms with van der Waals surface area (Å²) in [5.41, 5.74) is 3.01. The van der Waals surface area contributed by atoms with Crippen LogP contribution in [0, 0.1) is 0 Å². The van der Waals surface area contributed by atoms with Crippen LogP contribution in [0.25, 0.3) is 11.1 Å². The molecule has 2 aromatic carbocycles. The molecule has 21 heavy (non-hydrogen) atoms. The first-order valence-corrected chi connectivity index (χ1v) is 6.91. The maximum Gasteiger partial charge on any atom is 0.255 e. The number of H-pyrrole nitrogens is 1. The monoisotopic (exact) mass is 296 g/mol. The molecular formula is C17H13ClN2O. The van der Waals surface area contributed by atoms with E-state index in [1.807, 2.05) is 48.5 Å². The van der Waals surface area contributed by atoms with Gasteiger partial charge in [-0.3, -0.25) is 4.79 Å². The summed E-state index contributed by atoms with van der Waals surface area (Å²) in [4.78, 5) is 14.8. The van der Waals surface area contributed by atoms with Gasteiger partial charge in [-0.05, 0) is 35.9 Å². The highest BCUT2D eigenvalue weighted by Crippen LogP contribution is 2.23. The molecular weight excluding hydrogens is 284 g/mol. The Morgan fingerprint density at radius 1 is 0.905 bits per heavy atom. The standard InChI is InChI=1S/C17H13ClN2O/c18-13-6-4-5-12(9-13)16-10-15(11-19-17(16)21)20-14-7-2-1-3-8-14/h1-11,20H,(H,19,21). The molecule has 0 bridgehead atoms. The molecule has 0 unspecified atom stereocenters. The molecule has 0 saturated heterocycles. The minimum Gasteiger partial charge on any atom is -0.354 e. The van der Waals surface area contributed by atoms with Crippen molar-refractivity contribution in [1.82, 2.24) is 4.98 Å². The number of halogens is 1. The van der Waals surface area contributed by atoms with Gasteiger partial charge in [0, 0.05) is 22.5 Å². The summed E-state index contributed by atoms with van der Waals surface area (Å²) in [6, 6.07) is 18.8. The molecule has 0 aliphatic carbocycles. The molecule has 0 amide bonds. The minimum absolute atomic E-state index is 0.143. The molecule has 0 radical (unpaired) electrons. The molecule has 0 aliphatic rings. The zero-order valence-corrected chi connectivity index (χ0v) is 11.9. The lowest BCUT2D eigenvalue weighted by Crippen LogP contribution is -2.09. The van der Waals surface area contributed by atoms with Gasteiger partial charge in [-0.15, -0.1) is 0 Å². The zero-order valence-electron chi connectivity index (χ0n) is 11.1. The first-order valence-electron chi connectivity index (χ1n) is 6.53. The molecule has 4 heteroatoms. The number of benzene rings is 2. The van der Waals surface area contributed by atoms with Crippen molar-refractivity contribution in [2.75, 3.05) is 5.32 Å². The second-order valence-electron chi connectivity index (χ2n) is 4.63. The summed E-state index contributed by atoms with van der Waals surface area (Å²) in [6.45, 7) is 0. The average Bonchev–Trinajstić information content (AvgIpc) is 2.50. The topological polar surface area (TPSA) is 44.9 Å². The van der Waals surface area contributed by atoms with Crippen molar-refractivity contribution in [2.24, 2.45) is 0 Å². The number of para-hydroxylation sites is 1. The lowest BCUT2D eigenvalue weighted by Gasteiger charge is -2.08. The highest BCUT2D eigenvalue weighted by atomic mass is 35.5. The number of rotatable bonds is 3. The fraction of sp³-hybridized carbons (Fsp3) is 0. The van der Waals surface area contributed by atoms with Crippen LogP contribution in [-0.4, -0.2) is 4.98 Å². The quantitative estimate of drug-likeness (QED) is 0.750. The molecule has 0 saturated carbocycles. The van der Waals surface area contributed by atoms with E-state index >= 15 is 0 Å². The predicted molar refractivity (Wildman–Crippen MR) is 87.2 cm³/mol. The Balaban J connectivity index is 1.99. The Labute approximate surface area is 127 Å². The van der Waals surface area contributed by atoms with Crippen LogP contribution < -0.4 is 10.9 Å². The Kier molecular flexibility index (Phi) is 3.75. The third-order valence-electron chi connectivity index (χ3n) is 3.10. The number of hydrogen-bond acceptors (Lipinski definition) is 2. The van der Waals surface area contributed by atoms with Crippen LogP contribution in [0.15, 0.2) is 71.7 Å². The van der Waals surface area contributed by atoms with Gasteiger partial charge in [0.25, 0.3) is 5.56 Å². The minimum atomic E-state index is -0.143. The summed E-state index contributed by atoms with van der Waals surface area (Å²) in [7, 11) is 0. The van der Waals surface area contributed by atoms with E-state index in [-0.39, 0.29) is 5.56 Å². The summed E-state index contributed by atoms with van der Waals surface area (Å²) in [6.07, 6.45) is 1.66. The molecule has 3 aromatic rings. The number of nitrogens with one attached hydrogen (secondary N) is 2. The van der Waals surface area contributed by atoms with Crippen molar-refractivity contribution in [1.29, 1.82) is 0 Å². The Bertz CT molecular complexity index is 812. The molecule has 0 fully saturated rings. The van der Waals surface area contributed by atoms with Crippen LogP contribution in [-0.2, 0) is 0 Å². The largest absolute Gasteiger partial charge is 0.354 e. The van der Waals surface area contributed by atoms with E-state index in [1.165, 1.54) is 0 Å². The molecule has 1 aromatic heterocycles. The number of aromatic amines is 1. The van der Waals surface area contributed by atoms with E-state index < -0.39 is 0 Å². The molecule has 1 heterocycles. The molecule has 3 nitrogen and oxygen atoms in total. The van der Waals surface area contributed by atoms with Crippen LogP contribution in [0.2, 0.25) is 5.02 Å². The number of hydrogen-bond donors (Lipinski definition) is 2. The van der Waals surface area contributed by atoms with Gasteiger partial charge in [-0.2, -0.15) is 0 Å². The van der Waals surface area contributed by atoms with Gasteiger partial charge >= 0.3 is 0 Å². The second kappa shape index (κ2) is 5.85. The maximum absolute atomic E-state index is 12.0. The van der Waals surface area contributed by atoms with Crippen LogP contribution in [0.4, 0.5) is 11.4 Å². The second-order valence-corrected chi connectivity index (χ2v) is 5.07. The van der Waals surface area contributed by atoms with Crippen molar-refractivity contribution in [2.45, 2.75) is 0 Å². The normalized spacial score (nSPS) is 10.3. The van der Waals surface area contributed by atoms with Gasteiger partial charge < -0.3 is 10.3 Å². The van der Waals surface area contributed by atoms with Crippen molar-refractivity contribution in [3.8, 4) is 11.1 Å². The predicted octanol–water partition coefficient (Wildman–Crippen LogP) is 4.44. The highest BCUT2D eigenvalue weighted by molar-refractivity contribution is 6.30.